The Kier molecular flexibility index (Phi) is 19.0. The number of esters is 2. The number of rotatable bonds is 25. The lowest BCUT2D eigenvalue weighted by molar-refractivity contribution is -0.890. The first kappa shape index (κ1) is 45.1. The van der Waals surface area contributed by atoms with Gasteiger partial charge in [-0.05, 0) is 116 Å². The van der Waals surface area contributed by atoms with E-state index in [0.717, 1.165) is 48.0 Å². The number of carbonyl (C=O) groups is 2. The fourth-order valence-electron chi connectivity index (χ4n) is 5.72. The zero-order valence-electron chi connectivity index (χ0n) is 32.7. The molecule has 0 rings (SSSR count). The molecule has 46 heavy (non-hydrogen) atoms. The minimum absolute atomic E-state index is 0.302. The smallest absolute Gasteiger partial charge is 0.333 e. The van der Waals surface area contributed by atoms with Crippen LogP contribution in [0.5, 0.6) is 0 Å². The van der Waals surface area contributed by atoms with Gasteiger partial charge in [-0.25, -0.2) is 9.59 Å². The number of unbranched alkanes of at least 4 members (excludes halogenated alkanes) is 2. The molecule has 0 heterocycles. The summed E-state index contributed by atoms with van der Waals surface area (Å²) < 4.78 is 26.3. The van der Waals surface area contributed by atoms with E-state index in [0.29, 0.717) is 24.4 Å². The van der Waals surface area contributed by atoms with Crippen LogP contribution in [0.1, 0.15) is 39.5 Å². The highest BCUT2D eigenvalue weighted by atomic mass is 28.4. The molecule has 0 saturated carbocycles. The van der Waals surface area contributed by atoms with E-state index in [4.69, 9.17) is 17.7 Å². The van der Waals surface area contributed by atoms with Crippen LogP contribution in [0.15, 0.2) is 24.3 Å². The summed E-state index contributed by atoms with van der Waals surface area (Å²) in [5.41, 5.74) is 0.905. The van der Waals surface area contributed by atoms with Crippen molar-refractivity contribution in [2.45, 2.75) is 116 Å². The number of hydrogen-bond acceptors (Lipinski definition) is 6. The summed E-state index contributed by atoms with van der Waals surface area (Å²) >= 11 is 0. The van der Waals surface area contributed by atoms with E-state index in [2.05, 4.69) is 93.7 Å². The number of nitrogens with zero attached hydrogens (tertiary/aromatic N) is 2. The molecule has 0 spiro atoms. The molecule has 0 aromatic carbocycles. The first-order chi connectivity index (χ1) is 20.7. The van der Waals surface area contributed by atoms with Gasteiger partial charge in [0.05, 0.1) is 41.3 Å². The molecule has 0 aromatic rings. The standard InChI is InChI=1S/C34H74N2O6Si4/c1-31(2)33(37)39-25-23-35(5,6)21-17-19-27-43(9,10)41-45(13,14)29-30-46(15,16)42-44(11,12)28-20-18-22-36(7,8)24-26-40-34(38)32(3)4/h1,3,17-30H2,2,4-16H3/q+2. The van der Waals surface area contributed by atoms with Gasteiger partial charge in [0.2, 0.25) is 0 Å². The zero-order valence-corrected chi connectivity index (χ0v) is 36.7. The van der Waals surface area contributed by atoms with E-state index in [9.17, 15) is 9.59 Å². The summed E-state index contributed by atoms with van der Waals surface area (Å²) in [6.07, 6.45) is 4.66. The van der Waals surface area contributed by atoms with E-state index in [-0.39, 0.29) is 11.9 Å². The average molecular weight is 719 g/mol. The first-order valence-electron chi connectivity index (χ1n) is 17.4. The van der Waals surface area contributed by atoms with Crippen LogP contribution < -0.4 is 0 Å². The maximum atomic E-state index is 11.7. The van der Waals surface area contributed by atoms with E-state index < -0.39 is 33.3 Å². The quantitative estimate of drug-likeness (QED) is 0.0316. The van der Waals surface area contributed by atoms with Crippen molar-refractivity contribution in [3.05, 3.63) is 24.3 Å². The predicted octanol–water partition coefficient (Wildman–Crippen LogP) is 7.79. The summed E-state index contributed by atoms with van der Waals surface area (Å²) in [6, 6.07) is 4.70. The Morgan fingerprint density at radius 1 is 0.500 bits per heavy atom. The molecule has 0 N–H and O–H groups in total. The normalized spacial score (nSPS) is 13.4. The molecule has 8 nitrogen and oxygen atoms in total. The summed E-state index contributed by atoms with van der Waals surface area (Å²) in [6.45, 7) is 34.5. The second-order valence-electron chi connectivity index (χ2n) is 17.3. The lowest BCUT2D eigenvalue weighted by Gasteiger charge is -2.38. The third kappa shape index (κ3) is 22.7. The SMILES string of the molecule is C=C(C)C(=O)OCC[N+](C)(C)CCCC[Si](C)(C)O[Si](C)(C)CC[Si](C)(C)O[Si](C)(C)CCCC[N+](C)(C)CCOC(=O)C(=C)C. The summed E-state index contributed by atoms with van der Waals surface area (Å²) in [4.78, 5) is 23.3. The monoisotopic (exact) mass is 718 g/mol. The van der Waals surface area contributed by atoms with Gasteiger partial charge in [-0.2, -0.15) is 0 Å². The fraction of sp³-hybridized carbons (Fsp3) is 0.824. The topological polar surface area (TPSA) is 71.1 Å². The summed E-state index contributed by atoms with van der Waals surface area (Å²) in [7, 11) is 1.70. The molecular weight excluding hydrogens is 645 g/mol. The van der Waals surface area contributed by atoms with E-state index in [1.165, 1.54) is 37.0 Å². The van der Waals surface area contributed by atoms with Gasteiger partial charge in [-0.1, -0.05) is 13.2 Å². The van der Waals surface area contributed by atoms with E-state index >= 15 is 0 Å². The van der Waals surface area contributed by atoms with Gasteiger partial charge in [0.15, 0.2) is 33.3 Å². The molecule has 0 unspecified atom stereocenters. The largest absolute Gasteiger partial charge is 0.456 e. The van der Waals surface area contributed by atoms with Crippen molar-refractivity contribution in [3.63, 3.8) is 0 Å². The summed E-state index contributed by atoms with van der Waals surface area (Å²) in [5.74, 6) is -0.604. The second-order valence-corrected chi connectivity index (χ2v) is 35.0. The van der Waals surface area contributed by atoms with Gasteiger partial charge in [-0.15, -0.1) is 0 Å². The molecule has 12 heteroatoms. The molecule has 0 radical (unpaired) electrons. The molecule has 0 fully saturated rings. The predicted molar refractivity (Wildman–Crippen MR) is 205 cm³/mol. The van der Waals surface area contributed by atoms with Gasteiger partial charge in [-0.3, -0.25) is 0 Å². The van der Waals surface area contributed by atoms with E-state index in [1.807, 2.05) is 0 Å². The van der Waals surface area contributed by atoms with Crippen LogP contribution in [0.2, 0.25) is 76.6 Å². The van der Waals surface area contributed by atoms with Crippen LogP contribution in [0.3, 0.4) is 0 Å². The van der Waals surface area contributed by atoms with Crippen molar-refractivity contribution in [1.29, 1.82) is 0 Å². The maximum Gasteiger partial charge on any atom is 0.333 e. The third-order valence-corrected chi connectivity index (χ3v) is 23.9. The minimum atomic E-state index is -1.80. The van der Waals surface area contributed by atoms with Crippen LogP contribution in [-0.4, -0.2) is 122 Å². The second kappa shape index (κ2) is 19.4. The molecule has 0 aliphatic carbocycles. The maximum absolute atomic E-state index is 11.7. The molecule has 0 bridgehead atoms. The van der Waals surface area contributed by atoms with Crippen LogP contribution in [0, 0.1) is 0 Å². The van der Waals surface area contributed by atoms with Crippen molar-refractivity contribution in [1.82, 2.24) is 0 Å². The molecule has 0 aliphatic rings. The van der Waals surface area contributed by atoms with Crippen molar-refractivity contribution < 1.29 is 36.3 Å². The van der Waals surface area contributed by atoms with Crippen LogP contribution in [0.25, 0.3) is 0 Å². The Morgan fingerprint density at radius 2 is 0.783 bits per heavy atom. The molecule has 0 aromatic heterocycles. The highest BCUT2D eigenvalue weighted by molar-refractivity contribution is 6.88. The highest BCUT2D eigenvalue weighted by Crippen LogP contribution is 2.30. The molecule has 270 valence electrons. The molecule has 0 atom stereocenters. The number of ether oxygens (including phenoxy) is 2. The lowest BCUT2D eigenvalue weighted by Crippen LogP contribution is -2.48. The lowest BCUT2D eigenvalue weighted by atomic mass is 10.3. The Morgan fingerprint density at radius 3 is 1.07 bits per heavy atom. The Labute approximate surface area is 288 Å². The third-order valence-electron chi connectivity index (χ3n) is 8.58. The van der Waals surface area contributed by atoms with Crippen LogP contribution in [0.4, 0.5) is 0 Å². The summed E-state index contributed by atoms with van der Waals surface area (Å²) in [5, 5.41) is 0. The van der Waals surface area contributed by atoms with E-state index in [1.54, 1.807) is 13.8 Å². The molecular formula is C34H74N2O6Si4+2. The first-order valence-corrected chi connectivity index (χ1v) is 29.8. The zero-order chi connectivity index (χ0) is 36.0. The van der Waals surface area contributed by atoms with Crippen LogP contribution in [-0.2, 0) is 27.3 Å². The average Bonchev–Trinajstić information content (AvgIpc) is 2.86. The number of carbonyl (C=O) groups excluding carboxylic acids is 2. The van der Waals surface area contributed by atoms with Gasteiger partial charge >= 0.3 is 11.9 Å². The fourth-order valence-corrected chi connectivity index (χ4v) is 26.3. The Balaban J connectivity index is 4.58. The Hall–Kier alpha value is -0.872. The number of hydrogen-bond donors (Lipinski definition) is 0. The van der Waals surface area contributed by atoms with Crippen molar-refractivity contribution in [3.8, 4) is 0 Å². The highest BCUT2D eigenvalue weighted by Gasteiger charge is 2.38. The molecule has 0 saturated heterocycles. The number of likely N-dealkylation sites (N-methyl/N-ethyl adjacent to an activating group) is 2. The molecule has 0 aliphatic heterocycles. The van der Waals surface area contributed by atoms with Gasteiger partial charge in [0.1, 0.15) is 26.3 Å². The van der Waals surface area contributed by atoms with Crippen molar-refractivity contribution >= 4 is 45.2 Å². The van der Waals surface area contributed by atoms with Crippen molar-refractivity contribution in [2.24, 2.45) is 0 Å². The van der Waals surface area contributed by atoms with Crippen molar-refractivity contribution in [2.75, 3.05) is 67.6 Å². The molecule has 0 amide bonds. The van der Waals surface area contributed by atoms with Gasteiger partial charge < -0.3 is 26.7 Å². The Bertz CT molecular complexity index is 918. The van der Waals surface area contributed by atoms with Crippen LogP contribution >= 0.6 is 0 Å². The van der Waals surface area contributed by atoms with Gasteiger partial charge in [0.25, 0.3) is 0 Å². The number of quaternary nitrogens is 2. The van der Waals surface area contributed by atoms with Gasteiger partial charge in [0, 0.05) is 11.1 Å². The minimum Gasteiger partial charge on any atom is -0.456 e.